The molecule has 0 spiro atoms. The molecule has 1 aromatic carbocycles. The van der Waals surface area contributed by atoms with E-state index < -0.39 is 0 Å². The fourth-order valence-corrected chi connectivity index (χ4v) is 3.12. The molecule has 2 N–H and O–H groups in total. The third kappa shape index (κ3) is 7.00. The molecular weight excluding hydrogens is 446 g/mol. The number of hydrogen-bond acceptors (Lipinski definition) is 3. The molecule has 1 saturated heterocycles. The van der Waals surface area contributed by atoms with Crippen molar-refractivity contribution in [2.24, 2.45) is 10.9 Å². The van der Waals surface area contributed by atoms with Crippen LogP contribution < -0.4 is 10.6 Å². The highest BCUT2D eigenvalue weighted by atomic mass is 127. The maximum Gasteiger partial charge on any atom is 0.191 e. The number of benzene rings is 1. The summed E-state index contributed by atoms with van der Waals surface area (Å²) in [5.41, 5.74) is 1.70. The van der Waals surface area contributed by atoms with Gasteiger partial charge in [-0.15, -0.1) is 24.0 Å². The lowest BCUT2D eigenvalue weighted by atomic mass is 10.0. The summed E-state index contributed by atoms with van der Waals surface area (Å²) in [6.07, 6.45) is 0. The van der Waals surface area contributed by atoms with Crippen LogP contribution in [0.5, 0.6) is 0 Å². The molecule has 1 unspecified atom stereocenters. The zero-order valence-electron chi connectivity index (χ0n) is 16.2. The van der Waals surface area contributed by atoms with Gasteiger partial charge in [-0.05, 0) is 30.0 Å². The summed E-state index contributed by atoms with van der Waals surface area (Å²) >= 11 is 0. The standard InChI is InChI=1S/C19H31FN4O.HI/c1-14(2)18(24-7-9-25-10-8-24)13-23-19(21-4)22-12-16-5-6-17(20)15(3)11-16;/h5-6,11,14,18H,7-10,12-13H2,1-4H3,(H2,21,22,23);1H. The Morgan fingerprint density at radius 3 is 2.54 bits per heavy atom. The minimum atomic E-state index is -0.170. The molecule has 7 heteroatoms. The van der Waals surface area contributed by atoms with E-state index in [2.05, 4.69) is 34.4 Å². The Kier molecular flexibility index (Phi) is 10.4. The van der Waals surface area contributed by atoms with Gasteiger partial charge in [0.25, 0.3) is 0 Å². The van der Waals surface area contributed by atoms with Crippen LogP contribution >= 0.6 is 24.0 Å². The van der Waals surface area contributed by atoms with E-state index in [-0.39, 0.29) is 29.8 Å². The molecule has 148 valence electrons. The van der Waals surface area contributed by atoms with Crippen molar-refractivity contribution in [2.75, 3.05) is 39.9 Å². The van der Waals surface area contributed by atoms with Crippen molar-refractivity contribution in [1.82, 2.24) is 15.5 Å². The van der Waals surface area contributed by atoms with Crippen LogP contribution in [-0.2, 0) is 11.3 Å². The average Bonchev–Trinajstić information content (AvgIpc) is 2.61. The molecule has 0 aliphatic carbocycles. The number of aryl methyl sites for hydroxylation is 1. The monoisotopic (exact) mass is 478 g/mol. The number of hydrogen-bond donors (Lipinski definition) is 2. The minimum Gasteiger partial charge on any atom is -0.379 e. The Hall–Kier alpha value is -0.930. The minimum absolute atomic E-state index is 0. The molecule has 1 fully saturated rings. The van der Waals surface area contributed by atoms with Gasteiger partial charge in [0, 0.05) is 39.3 Å². The van der Waals surface area contributed by atoms with Crippen molar-refractivity contribution in [1.29, 1.82) is 0 Å². The van der Waals surface area contributed by atoms with Gasteiger partial charge in [-0.2, -0.15) is 0 Å². The van der Waals surface area contributed by atoms with Crippen LogP contribution in [0.25, 0.3) is 0 Å². The highest BCUT2D eigenvalue weighted by Gasteiger charge is 2.23. The molecule has 26 heavy (non-hydrogen) atoms. The van der Waals surface area contributed by atoms with Crippen molar-refractivity contribution >= 4 is 29.9 Å². The van der Waals surface area contributed by atoms with E-state index in [1.165, 1.54) is 6.07 Å². The highest BCUT2D eigenvalue weighted by Crippen LogP contribution is 2.12. The molecule has 1 aliphatic heterocycles. The Labute approximate surface area is 173 Å². The third-order valence-electron chi connectivity index (χ3n) is 4.67. The SMILES string of the molecule is CN=C(NCc1ccc(F)c(C)c1)NCC(C(C)C)N1CCOCC1.I. The summed E-state index contributed by atoms with van der Waals surface area (Å²) in [6, 6.07) is 5.61. The summed E-state index contributed by atoms with van der Waals surface area (Å²) in [7, 11) is 1.77. The fourth-order valence-electron chi connectivity index (χ4n) is 3.12. The fraction of sp³-hybridized carbons (Fsp3) is 0.632. The summed E-state index contributed by atoms with van der Waals surface area (Å²) in [5, 5.41) is 6.73. The molecule has 0 amide bonds. The first-order chi connectivity index (χ1) is 12.0. The number of ether oxygens (including phenoxy) is 1. The van der Waals surface area contributed by atoms with Crippen LogP contribution in [-0.4, -0.2) is 56.8 Å². The van der Waals surface area contributed by atoms with Crippen molar-refractivity contribution < 1.29 is 9.13 Å². The van der Waals surface area contributed by atoms with Gasteiger partial charge in [0.15, 0.2) is 5.96 Å². The van der Waals surface area contributed by atoms with Crippen molar-refractivity contribution in [3.05, 3.63) is 35.1 Å². The number of aliphatic imine (C=N–C) groups is 1. The number of nitrogens with one attached hydrogen (secondary N) is 2. The second kappa shape index (κ2) is 11.7. The summed E-state index contributed by atoms with van der Waals surface area (Å²) < 4.78 is 18.8. The zero-order valence-corrected chi connectivity index (χ0v) is 18.5. The maximum atomic E-state index is 13.4. The molecule has 2 rings (SSSR count). The van der Waals surface area contributed by atoms with E-state index in [1.54, 1.807) is 20.0 Å². The van der Waals surface area contributed by atoms with Crippen molar-refractivity contribution in [3.8, 4) is 0 Å². The first kappa shape index (κ1) is 23.1. The second-order valence-corrected chi connectivity index (χ2v) is 6.85. The van der Waals surface area contributed by atoms with Crippen molar-refractivity contribution in [3.63, 3.8) is 0 Å². The van der Waals surface area contributed by atoms with E-state index in [0.717, 1.165) is 44.4 Å². The lowest BCUT2D eigenvalue weighted by Gasteiger charge is -2.37. The number of halogens is 2. The number of rotatable bonds is 6. The molecule has 0 bridgehead atoms. The average molecular weight is 478 g/mol. The van der Waals surface area contributed by atoms with E-state index in [0.29, 0.717) is 24.1 Å². The molecule has 1 aliphatic rings. The van der Waals surface area contributed by atoms with Gasteiger partial charge < -0.3 is 15.4 Å². The van der Waals surface area contributed by atoms with Gasteiger partial charge in [-0.25, -0.2) is 4.39 Å². The quantitative estimate of drug-likeness (QED) is 0.375. The molecule has 1 heterocycles. The van der Waals surface area contributed by atoms with Crippen molar-refractivity contribution in [2.45, 2.75) is 33.4 Å². The molecule has 5 nitrogen and oxygen atoms in total. The van der Waals surface area contributed by atoms with Crippen LogP contribution in [0.15, 0.2) is 23.2 Å². The normalized spacial score (nSPS) is 16.9. The number of morpholine rings is 1. The smallest absolute Gasteiger partial charge is 0.191 e. The first-order valence-corrected chi connectivity index (χ1v) is 9.02. The molecule has 1 aromatic rings. The first-order valence-electron chi connectivity index (χ1n) is 9.02. The predicted molar refractivity (Wildman–Crippen MR) is 116 cm³/mol. The lowest BCUT2D eigenvalue weighted by molar-refractivity contribution is 0.00752. The van der Waals surface area contributed by atoms with Gasteiger partial charge in [-0.1, -0.05) is 26.0 Å². The molecular formula is C19H32FIN4O. The molecule has 0 saturated carbocycles. The Balaban J connectivity index is 0.00000338. The van der Waals surface area contributed by atoms with Crippen LogP contribution in [0.4, 0.5) is 4.39 Å². The molecule has 0 aromatic heterocycles. The van der Waals surface area contributed by atoms with Gasteiger partial charge >= 0.3 is 0 Å². The van der Waals surface area contributed by atoms with Crippen LogP contribution in [0.1, 0.15) is 25.0 Å². The van der Waals surface area contributed by atoms with E-state index >= 15 is 0 Å². The Bertz CT molecular complexity index is 577. The van der Waals surface area contributed by atoms with Crippen LogP contribution in [0.3, 0.4) is 0 Å². The van der Waals surface area contributed by atoms with Crippen LogP contribution in [0, 0.1) is 18.7 Å². The zero-order chi connectivity index (χ0) is 18.2. The lowest BCUT2D eigenvalue weighted by Crippen LogP contribution is -2.52. The maximum absolute atomic E-state index is 13.4. The van der Waals surface area contributed by atoms with Gasteiger partial charge in [0.05, 0.1) is 13.2 Å². The summed E-state index contributed by atoms with van der Waals surface area (Å²) in [6.45, 7) is 11.3. The second-order valence-electron chi connectivity index (χ2n) is 6.85. The van der Waals surface area contributed by atoms with E-state index in [9.17, 15) is 4.39 Å². The Morgan fingerprint density at radius 2 is 1.96 bits per heavy atom. The summed E-state index contributed by atoms with van der Waals surface area (Å²) in [5.74, 6) is 1.14. The number of guanidine groups is 1. The predicted octanol–water partition coefficient (Wildman–Crippen LogP) is 2.77. The molecule has 0 radical (unpaired) electrons. The Morgan fingerprint density at radius 1 is 1.27 bits per heavy atom. The highest BCUT2D eigenvalue weighted by molar-refractivity contribution is 14.0. The van der Waals surface area contributed by atoms with E-state index in [1.807, 2.05) is 6.07 Å². The largest absolute Gasteiger partial charge is 0.379 e. The molecule has 1 atom stereocenters. The third-order valence-corrected chi connectivity index (χ3v) is 4.67. The summed E-state index contributed by atoms with van der Waals surface area (Å²) in [4.78, 5) is 6.78. The van der Waals surface area contributed by atoms with Gasteiger partial charge in [0.1, 0.15) is 5.82 Å². The van der Waals surface area contributed by atoms with E-state index in [4.69, 9.17) is 4.74 Å². The number of nitrogens with zero attached hydrogens (tertiary/aromatic N) is 2. The van der Waals surface area contributed by atoms with Gasteiger partial charge in [0.2, 0.25) is 0 Å². The van der Waals surface area contributed by atoms with Gasteiger partial charge in [-0.3, -0.25) is 9.89 Å². The topological polar surface area (TPSA) is 48.9 Å². The van der Waals surface area contributed by atoms with Crippen LogP contribution in [0.2, 0.25) is 0 Å².